The van der Waals surface area contributed by atoms with Crippen LogP contribution in [0.2, 0.25) is 0 Å². The van der Waals surface area contributed by atoms with Crippen molar-refractivity contribution < 1.29 is 13.7 Å². The summed E-state index contributed by atoms with van der Waals surface area (Å²) < 4.78 is 26.6. The number of benzene rings is 2. The summed E-state index contributed by atoms with van der Waals surface area (Å²) >= 11 is 0. The summed E-state index contributed by atoms with van der Waals surface area (Å²) in [4.78, 5) is 20.9. The minimum absolute atomic E-state index is 0.0955. The molecule has 0 amide bonds. The van der Waals surface area contributed by atoms with Crippen LogP contribution in [0.25, 0.3) is 0 Å². The van der Waals surface area contributed by atoms with Gasteiger partial charge in [0, 0.05) is 24.0 Å². The van der Waals surface area contributed by atoms with Gasteiger partial charge in [0.05, 0.1) is 4.92 Å². The lowest BCUT2D eigenvalue weighted by molar-refractivity contribution is -0.383. The molecule has 0 aliphatic carbocycles. The van der Waals surface area contributed by atoms with Crippen molar-refractivity contribution in [3.8, 4) is 0 Å². The van der Waals surface area contributed by atoms with Crippen molar-refractivity contribution in [2.45, 2.75) is 13.8 Å². The SMILES string of the molecule is CCN(c1cccc(C)c1)c1ncnc(Nc2ccc(F)c(F)c2)c1[N+](=O)[O-]. The molecule has 7 nitrogen and oxygen atoms in total. The summed E-state index contributed by atoms with van der Waals surface area (Å²) in [7, 11) is 0. The molecule has 1 heterocycles. The van der Waals surface area contributed by atoms with E-state index in [0.29, 0.717) is 6.54 Å². The largest absolute Gasteiger partial charge is 0.354 e. The Labute approximate surface area is 159 Å². The van der Waals surface area contributed by atoms with Gasteiger partial charge in [0.15, 0.2) is 11.6 Å². The van der Waals surface area contributed by atoms with Gasteiger partial charge < -0.3 is 10.2 Å². The molecule has 0 saturated carbocycles. The molecule has 3 rings (SSSR count). The van der Waals surface area contributed by atoms with Crippen molar-refractivity contribution in [1.82, 2.24) is 9.97 Å². The molecule has 3 aromatic rings. The van der Waals surface area contributed by atoms with Crippen LogP contribution in [-0.4, -0.2) is 21.4 Å². The van der Waals surface area contributed by atoms with E-state index in [0.717, 1.165) is 23.4 Å². The second kappa shape index (κ2) is 7.95. The monoisotopic (exact) mass is 385 g/mol. The summed E-state index contributed by atoms with van der Waals surface area (Å²) in [5.74, 6) is -2.11. The minimum Gasteiger partial charge on any atom is -0.334 e. The number of rotatable bonds is 6. The lowest BCUT2D eigenvalue weighted by Crippen LogP contribution is -2.20. The molecule has 0 aliphatic heterocycles. The van der Waals surface area contributed by atoms with Crippen molar-refractivity contribution in [3.05, 3.63) is 76.1 Å². The minimum atomic E-state index is -1.07. The highest BCUT2D eigenvalue weighted by molar-refractivity contribution is 5.78. The Hall–Kier alpha value is -3.62. The van der Waals surface area contributed by atoms with Crippen LogP contribution in [-0.2, 0) is 0 Å². The predicted octanol–water partition coefficient (Wildman–Crippen LogP) is 4.87. The molecule has 9 heteroatoms. The van der Waals surface area contributed by atoms with E-state index in [-0.39, 0.29) is 23.0 Å². The van der Waals surface area contributed by atoms with Crippen LogP contribution in [0.3, 0.4) is 0 Å². The Morgan fingerprint density at radius 3 is 2.57 bits per heavy atom. The third-order valence-electron chi connectivity index (χ3n) is 4.05. The van der Waals surface area contributed by atoms with Crippen LogP contribution < -0.4 is 10.2 Å². The first kappa shape index (κ1) is 19.2. The zero-order chi connectivity index (χ0) is 20.3. The maximum absolute atomic E-state index is 13.5. The van der Waals surface area contributed by atoms with E-state index in [1.807, 2.05) is 38.1 Å². The van der Waals surface area contributed by atoms with Gasteiger partial charge in [-0.2, -0.15) is 0 Å². The molecule has 2 aromatic carbocycles. The lowest BCUT2D eigenvalue weighted by Gasteiger charge is -2.22. The number of aryl methyl sites for hydroxylation is 1. The summed E-state index contributed by atoms with van der Waals surface area (Å²) in [5.41, 5.74) is 1.50. The van der Waals surface area contributed by atoms with Crippen LogP contribution in [0, 0.1) is 28.7 Å². The molecule has 1 N–H and O–H groups in total. The van der Waals surface area contributed by atoms with Crippen LogP contribution in [0.5, 0.6) is 0 Å². The third kappa shape index (κ3) is 3.88. The smallest absolute Gasteiger partial charge is 0.334 e. The van der Waals surface area contributed by atoms with Crippen molar-refractivity contribution in [1.29, 1.82) is 0 Å². The number of hydrogen-bond donors (Lipinski definition) is 1. The highest BCUT2D eigenvalue weighted by Gasteiger charge is 2.27. The highest BCUT2D eigenvalue weighted by Crippen LogP contribution is 2.37. The number of hydrogen-bond acceptors (Lipinski definition) is 6. The van der Waals surface area contributed by atoms with Gasteiger partial charge in [0.25, 0.3) is 0 Å². The zero-order valence-electron chi connectivity index (χ0n) is 15.2. The van der Waals surface area contributed by atoms with Gasteiger partial charge in [0.1, 0.15) is 6.33 Å². The second-order valence-corrected chi connectivity index (χ2v) is 5.99. The fourth-order valence-electron chi connectivity index (χ4n) is 2.79. The molecule has 0 radical (unpaired) electrons. The Bertz CT molecular complexity index is 1030. The second-order valence-electron chi connectivity index (χ2n) is 5.99. The van der Waals surface area contributed by atoms with Crippen molar-refractivity contribution in [2.75, 3.05) is 16.8 Å². The van der Waals surface area contributed by atoms with Crippen molar-refractivity contribution in [3.63, 3.8) is 0 Å². The molecule has 0 unspecified atom stereocenters. The van der Waals surface area contributed by atoms with E-state index >= 15 is 0 Å². The molecule has 144 valence electrons. The van der Waals surface area contributed by atoms with E-state index in [9.17, 15) is 18.9 Å². The summed E-state index contributed by atoms with van der Waals surface area (Å²) in [5, 5.41) is 14.5. The average Bonchev–Trinajstić information content (AvgIpc) is 2.65. The number of nitrogens with one attached hydrogen (secondary N) is 1. The topological polar surface area (TPSA) is 84.2 Å². The summed E-state index contributed by atoms with van der Waals surface area (Å²) in [6.07, 6.45) is 1.18. The number of nitro groups is 1. The molecular weight excluding hydrogens is 368 g/mol. The predicted molar refractivity (Wildman–Crippen MR) is 102 cm³/mol. The number of anilines is 4. The Morgan fingerprint density at radius 1 is 1.14 bits per heavy atom. The maximum atomic E-state index is 13.5. The van der Waals surface area contributed by atoms with Crippen LogP contribution >= 0.6 is 0 Å². The molecule has 0 aliphatic rings. The maximum Gasteiger partial charge on any atom is 0.354 e. The van der Waals surface area contributed by atoms with Gasteiger partial charge in [-0.05, 0) is 43.7 Å². The van der Waals surface area contributed by atoms with Crippen molar-refractivity contribution >= 4 is 28.7 Å². The van der Waals surface area contributed by atoms with Gasteiger partial charge >= 0.3 is 5.69 Å². The van der Waals surface area contributed by atoms with E-state index in [4.69, 9.17) is 0 Å². The molecule has 0 atom stereocenters. The lowest BCUT2D eigenvalue weighted by atomic mass is 10.2. The highest BCUT2D eigenvalue weighted by atomic mass is 19.2. The number of halogens is 2. The van der Waals surface area contributed by atoms with E-state index in [1.54, 1.807) is 4.90 Å². The number of aromatic nitrogens is 2. The van der Waals surface area contributed by atoms with Gasteiger partial charge in [-0.1, -0.05) is 12.1 Å². The molecule has 0 bridgehead atoms. The quantitative estimate of drug-likeness (QED) is 0.481. The van der Waals surface area contributed by atoms with Gasteiger partial charge in [0.2, 0.25) is 11.6 Å². The third-order valence-corrected chi connectivity index (χ3v) is 4.05. The van der Waals surface area contributed by atoms with Gasteiger partial charge in [-0.15, -0.1) is 0 Å². The Balaban J connectivity index is 2.08. The standard InChI is InChI=1S/C19H17F2N5O2/c1-3-25(14-6-4-5-12(2)9-14)19-17(26(27)28)18(22-11-23-19)24-13-7-8-15(20)16(21)10-13/h4-11H,3H2,1-2H3,(H,22,23,24). The molecule has 1 aromatic heterocycles. The van der Waals surface area contributed by atoms with E-state index in [1.165, 1.54) is 12.4 Å². The Morgan fingerprint density at radius 2 is 1.93 bits per heavy atom. The van der Waals surface area contributed by atoms with Crippen LogP contribution in [0.4, 0.5) is 37.5 Å². The molecule has 0 saturated heterocycles. The van der Waals surface area contributed by atoms with E-state index in [2.05, 4.69) is 15.3 Å². The molecule has 0 spiro atoms. The van der Waals surface area contributed by atoms with Crippen LogP contribution in [0.15, 0.2) is 48.8 Å². The number of nitrogens with zero attached hydrogens (tertiary/aromatic N) is 4. The first-order chi connectivity index (χ1) is 13.4. The first-order valence-electron chi connectivity index (χ1n) is 8.46. The van der Waals surface area contributed by atoms with Gasteiger partial charge in [-0.25, -0.2) is 18.7 Å². The first-order valence-corrected chi connectivity index (χ1v) is 8.46. The Kier molecular flexibility index (Phi) is 5.44. The van der Waals surface area contributed by atoms with E-state index < -0.39 is 16.6 Å². The van der Waals surface area contributed by atoms with Crippen molar-refractivity contribution in [2.24, 2.45) is 0 Å². The van der Waals surface area contributed by atoms with Crippen LogP contribution in [0.1, 0.15) is 12.5 Å². The average molecular weight is 385 g/mol. The fraction of sp³-hybridized carbons (Fsp3) is 0.158. The van der Waals surface area contributed by atoms with Gasteiger partial charge in [-0.3, -0.25) is 10.1 Å². The molecular formula is C19H17F2N5O2. The molecule has 0 fully saturated rings. The molecule has 28 heavy (non-hydrogen) atoms. The summed E-state index contributed by atoms with van der Waals surface area (Å²) in [6, 6.07) is 10.6. The zero-order valence-corrected chi connectivity index (χ0v) is 15.2. The summed E-state index contributed by atoms with van der Waals surface area (Å²) in [6.45, 7) is 4.18. The fourth-order valence-corrected chi connectivity index (χ4v) is 2.79. The normalized spacial score (nSPS) is 10.6.